The van der Waals surface area contributed by atoms with Gasteiger partial charge in [-0.15, -0.1) is 0 Å². The van der Waals surface area contributed by atoms with Gasteiger partial charge in [0.25, 0.3) is 0 Å². The molecule has 2 heterocycles. The molecule has 2 aromatic heterocycles. The molecule has 0 aliphatic heterocycles. The fourth-order valence-electron chi connectivity index (χ4n) is 3.30. The lowest BCUT2D eigenvalue weighted by Gasteiger charge is -2.12. The van der Waals surface area contributed by atoms with Crippen molar-refractivity contribution in [1.29, 1.82) is 0 Å². The quantitative estimate of drug-likeness (QED) is 0.504. The first-order valence-corrected chi connectivity index (χ1v) is 8.94. The monoisotopic (exact) mass is 342 g/mol. The second-order valence-electron chi connectivity index (χ2n) is 6.52. The summed E-state index contributed by atoms with van der Waals surface area (Å²) in [6.07, 6.45) is 8.69. The van der Waals surface area contributed by atoms with Crippen LogP contribution in [0.5, 0.6) is 0 Å². The minimum absolute atomic E-state index is 0.918. The molecule has 26 heavy (non-hydrogen) atoms. The molecule has 0 bridgehead atoms. The van der Waals surface area contributed by atoms with Crippen LogP contribution in [0.25, 0.3) is 22.5 Å². The smallest absolute Gasteiger partial charge is 0.0963 e. The summed E-state index contributed by atoms with van der Waals surface area (Å²) in [5.74, 6) is 0. The van der Waals surface area contributed by atoms with E-state index < -0.39 is 0 Å². The highest BCUT2D eigenvalue weighted by atomic mass is 15.1. The molecule has 0 aliphatic rings. The van der Waals surface area contributed by atoms with Gasteiger partial charge in [-0.3, -0.25) is 0 Å². The molecule has 0 unspecified atom stereocenters. The maximum atomic E-state index is 4.75. The molecule has 0 saturated heterocycles. The Bertz CT molecular complexity index is 969. The van der Waals surface area contributed by atoms with Crippen LogP contribution >= 0.6 is 0 Å². The molecule has 4 rings (SSSR count). The molecule has 0 spiro atoms. The van der Waals surface area contributed by atoms with Crippen LogP contribution in [0.15, 0.2) is 79.6 Å². The zero-order valence-electron chi connectivity index (χ0n) is 14.9. The maximum Gasteiger partial charge on any atom is 0.0963 e. The normalized spacial score (nSPS) is 11.0. The van der Waals surface area contributed by atoms with Crippen molar-refractivity contribution >= 4 is 0 Å². The van der Waals surface area contributed by atoms with Crippen molar-refractivity contribution in [2.24, 2.45) is 0 Å². The minimum Gasteiger partial charge on any atom is -0.337 e. The molecule has 4 heteroatoms. The average Bonchev–Trinajstić information content (AvgIpc) is 3.32. The SMILES string of the molecule is Cc1cccc(-c2c(-c3ccccc3)ncn2CCCn2ccnc2)c1. The predicted molar refractivity (Wildman–Crippen MR) is 105 cm³/mol. The lowest BCUT2D eigenvalue weighted by atomic mass is 10.0. The van der Waals surface area contributed by atoms with Gasteiger partial charge >= 0.3 is 0 Å². The molecule has 0 amide bonds. The van der Waals surface area contributed by atoms with Crippen molar-refractivity contribution in [3.05, 3.63) is 85.2 Å². The Kier molecular flexibility index (Phi) is 4.65. The highest BCUT2D eigenvalue weighted by Crippen LogP contribution is 2.31. The number of imidazole rings is 2. The van der Waals surface area contributed by atoms with Crippen molar-refractivity contribution in [1.82, 2.24) is 19.1 Å². The Hall–Kier alpha value is -3.14. The second-order valence-corrected chi connectivity index (χ2v) is 6.52. The van der Waals surface area contributed by atoms with E-state index in [1.807, 2.05) is 31.1 Å². The fraction of sp³-hybridized carbons (Fsp3) is 0.182. The Morgan fingerprint density at radius 3 is 2.50 bits per heavy atom. The number of hydrogen-bond donors (Lipinski definition) is 0. The standard InChI is InChI=1S/C22H22N4/c1-18-7-5-10-20(15-18)22-21(19-8-3-2-4-9-19)24-17-26(22)13-6-12-25-14-11-23-16-25/h2-5,7-11,14-17H,6,12-13H2,1H3. The molecule has 130 valence electrons. The highest BCUT2D eigenvalue weighted by molar-refractivity contribution is 5.78. The van der Waals surface area contributed by atoms with E-state index in [9.17, 15) is 0 Å². The van der Waals surface area contributed by atoms with Crippen LogP contribution in [0, 0.1) is 6.92 Å². The molecule has 0 fully saturated rings. The summed E-state index contributed by atoms with van der Waals surface area (Å²) in [6.45, 7) is 4.00. The number of benzene rings is 2. The molecule has 0 atom stereocenters. The largest absolute Gasteiger partial charge is 0.337 e. The van der Waals surface area contributed by atoms with E-state index in [0.29, 0.717) is 0 Å². The van der Waals surface area contributed by atoms with Gasteiger partial charge in [-0.05, 0) is 19.4 Å². The number of hydrogen-bond acceptors (Lipinski definition) is 2. The van der Waals surface area contributed by atoms with E-state index in [-0.39, 0.29) is 0 Å². The Morgan fingerprint density at radius 1 is 0.885 bits per heavy atom. The van der Waals surface area contributed by atoms with Crippen molar-refractivity contribution in [3.63, 3.8) is 0 Å². The molecule has 4 nitrogen and oxygen atoms in total. The van der Waals surface area contributed by atoms with Crippen LogP contribution in [0.1, 0.15) is 12.0 Å². The maximum absolute atomic E-state index is 4.75. The topological polar surface area (TPSA) is 35.6 Å². The van der Waals surface area contributed by atoms with Crippen molar-refractivity contribution < 1.29 is 0 Å². The van der Waals surface area contributed by atoms with Gasteiger partial charge in [0, 0.05) is 36.6 Å². The number of nitrogens with zero attached hydrogens (tertiary/aromatic N) is 4. The third-order valence-electron chi connectivity index (χ3n) is 4.55. The first-order valence-electron chi connectivity index (χ1n) is 8.94. The van der Waals surface area contributed by atoms with Crippen LogP contribution in [0.3, 0.4) is 0 Å². The van der Waals surface area contributed by atoms with E-state index in [0.717, 1.165) is 30.8 Å². The van der Waals surface area contributed by atoms with Gasteiger partial charge in [0.15, 0.2) is 0 Å². The molecule has 4 aromatic rings. The molecule has 0 N–H and O–H groups in total. The zero-order valence-corrected chi connectivity index (χ0v) is 14.9. The van der Waals surface area contributed by atoms with E-state index in [1.165, 1.54) is 16.8 Å². The van der Waals surface area contributed by atoms with Crippen LogP contribution in [0.2, 0.25) is 0 Å². The molecule has 0 radical (unpaired) electrons. The van der Waals surface area contributed by atoms with Gasteiger partial charge < -0.3 is 9.13 Å². The van der Waals surface area contributed by atoms with E-state index in [4.69, 9.17) is 4.98 Å². The summed E-state index contributed by atoms with van der Waals surface area (Å²) in [5.41, 5.74) is 5.85. The van der Waals surface area contributed by atoms with E-state index in [1.54, 1.807) is 0 Å². The van der Waals surface area contributed by atoms with Gasteiger partial charge in [0.2, 0.25) is 0 Å². The van der Waals surface area contributed by atoms with Gasteiger partial charge in [0.1, 0.15) is 0 Å². The number of aryl methyl sites for hydroxylation is 3. The Morgan fingerprint density at radius 2 is 1.73 bits per heavy atom. The fourth-order valence-corrected chi connectivity index (χ4v) is 3.30. The van der Waals surface area contributed by atoms with E-state index in [2.05, 4.69) is 69.6 Å². The van der Waals surface area contributed by atoms with Crippen molar-refractivity contribution in [3.8, 4) is 22.5 Å². The molecule has 2 aromatic carbocycles. The average molecular weight is 342 g/mol. The van der Waals surface area contributed by atoms with Crippen molar-refractivity contribution in [2.75, 3.05) is 0 Å². The Balaban J connectivity index is 1.68. The van der Waals surface area contributed by atoms with Crippen LogP contribution in [-0.2, 0) is 13.1 Å². The highest BCUT2D eigenvalue weighted by Gasteiger charge is 2.14. The Labute approximate surface area is 153 Å². The summed E-state index contributed by atoms with van der Waals surface area (Å²) < 4.78 is 4.38. The predicted octanol–water partition coefficient (Wildman–Crippen LogP) is 4.81. The summed E-state index contributed by atoms with van der Waals surface area (Å²) in [7, 11) is 0. The lowest BCUT2D eigenvalue weighted by molar-refractivity contribution is 0.566. The van der Waals surface area contributed by atoms with Crippen molar-refractivity contribution in [2.45, 2.75) is 26.4 Å². The van der Waals surface area contributed by atoms with Crippen LogP contribution in [0.4, 0.5) is 0 Å². The molecule has 0 saturated carbocycles. The minimum atomic E-state index is 0.918. The second kappa shape index (κ2) is 7.40. The van der Waals surface area contributed by atoms with Gasteiger partial charge in [-0.25, -0.2) is 9.97 Å². The summed E-state index contributed by atoms with van der Waals surface area (Å²) in [4.78, 5) is 8.86. The molecular formula is C22H22N4. The van der Waals surface area contributed by atoms with Crippen LogP contribution in [-0.4, -0.2) is 19.1 Å². The van der Waals surface area contributed by atoms with Crippen LogP contribution < -0.4 is 0 Å². The summed E-state index contributed by atoms with van der Waals surface area (Å²) in [6, 6.07) is 19.1. The van der Waals surface area contributed by atoms with E-state index >= 15 is 0 Å². The third-order valence-corrected chi connectivity index (χ3v) is 4.55. The number of aromatic nitrogens is 4. The van der Waals surface area contributed by atoms with Gasteiger partial charge in [0.05, 0.1) is 24.0 Å². The first kappa shape index (κ1) is 16.3. The van der Waals surface area contributed by atoms with Gasteiger partial charge in [-0.2, -0.15) is 0 Å². The zero-order chi connectivity index (χ0) is 17.8. The molecular weight excluding hydrogens is 320 g/mol. The lowest BCUT2D eigenvalue weighted by Crippen LogP contribution is -2.04. The third kappa shape index (κ3) is 3.45. The number of rotatable bonds is 6. The first-order chi connectivity index (χ1) is 12.8. The molecule has 0 aliphatic carbocycles. The summed E-state index contributed by atoms with van der Waals surface area (Å²) in [5, 5.41) is 0. The van der Waals surface area contributed by atoms with Gasteiger partial charge in [-0.1, -0.05) is 54.1 Å². The summed E-state index contributed by atoms with van der Waals surface area (Å²) >= 11 is 0.